The van der Waals surface area contributed by atoms with Crippen LogP contribution in [0.2, 0.25) is 5.02 Å². The van der Waals surface area contributed by atoms with Crippen molar-refractivity contribution in [2.24, 2.45) is 5.73 Å². The average Bonchev–Trinajstić information content (AvgIpc) is 2.19. The largest absolute Gasteiger partial charge is 0.508 e. The third-order valence-corrected chi connectivity index (χ3v) is 2.70. The molecule has 0 saturated carbocycles. The molecule has 3 heteroatoms. The molecule has 3 N–H and O–H groups in total. The van der Waals surface area contributed by atoms with Gasteiger partial charge >= 0.3 is 0 Å². The van der Waals surface area contributed by atoms with E-state index in [-0.39, 0.29) is 5.75 Å². The molecular formula is C12H12ClNO. The summed E-state index contributed by atoms with van der Waals surface area (Å²) in [7, 11) is 0. The average molecular weight is 222 g/mol. The van der Waals surface area contributed by atoms with E-state index in [0.29, 0.717) is 11.6 Å². The maximum atomic E-state index is 9.38. The smallest absolute Gasteiger partial charge is 0.117 e. The summed E-state index contributed by atoms with van der Waals surface area (Å²) in [6.45, 7) is 0.626. The standard InChI is InChI=1S/C12H12ClNO/c13-12-7-10(15)6-9-2-1-8(3-4-14)5-11(9)12/h1-2,5-7,15H,3-4,14H2. The molecule has 0 aliphatic carbocycles. The lowest BCUT2D eigenvalue weighted by Crippen LogP contribution is -2.02. The highest BCUT2D eigenvalue weighted by molar-refractivity contribution is 6.35. The summed E-state index contributed by atoms with van der Waals surface area (Å²) >= 11 is 6.04. The number of phenolic OH excluding ortho intramolecular Hbond substituents is 1. The van der Waals surface area contributed by atoms with Gasteiger partial charge in [-0.1, -0.05) is 23.7 Å². The zero-order valence-electron chi connectivity index (χ0n) is 8.20. The molecule has 0 radical (unpaired) electrons. The van der Waals surface area contributed by atoms with Crippen molar-refractivity contribution in [1.29, 1.82) is 0 Å². The molecule has 0 aromatic heterocycles. The quantitative estimate of drug-likeness (QED) is 0.819. The number of phenols is 1. The molecule has 2 aromatic rings. The Labute approximate surface area is 93.3 Å². The summed E-state index contributed by atoms with van der Waals surface area (Å²) in [5.74, 6) is 0.194. The van der Waals surface area contributed by atoms with Gasteiger partial charge < -0.3 is 10.8 Å². The fourth-order valence-electron chi connectivity index (χ4n) is 1.67. The topological polar surface area (TPSA) is 46.2 Å². The van der Waals surface area contributed by atoms with Crippen molar-refractivity contribution in [3.8, 4) is 5.75 Å². The van der Waals surface area contributed by atoms with Crippen molar-refractivity contribution in [2.75, 3.05) is 6.54 Å². The van der Waals surface area contributed by atoms with E-state index in [2.05, 4.69) is 0 Å². The van der Waals surface area contributed by atoms with E-state index < -0.39 is 0 Å². The minimum atomic E-state index is 0.194. The number of aromatic hydroxyl groups is 1. The number of hydrogen-bond donors (Lipinski definition) is 2. The van der Waals surface area contributed by atoms with Crippen LogP contribution in [-0.4, -0.2) is 11.7 Å². The van der Waals surface area contributed by atoms with Crippen LogP contribution in [0.1, 0.15) is 5.56 Å². The third kappa shape index (κ3) is 2.06. The number of rotatable bonds is 2. The van der Waals surface area contributed by atoms with Crippen LogP contribution in [0, 0.1) is 0 Å². The van der Waals surface area contributed by atoms with Gasteiger partial charge in [0.25, 0.3) is 0 Å². The Morgan fingerprint density at radius 2 is 2.00 bits per heavy atom. The third-order valence-electron chi connectivity index (χ3n) is 2.39. The first-order valence-electron chi connectivity index (χ1n) is 4.82. The second kappa shape index (κ2) is 4.09. The zero-order valence-corrected chi connectivity index (χ0v) is 8.96. The Balaban J connectivity index is 2.60. The van der Waals surface area contributed by atoms with Crippen molar-refractivity contribution in [2.45, 2.75) is 6.42 Å². The fourth-order valence-corrected chi connectivity index (χ4v) is 1.94. The Bertz CT molecular complexity index is 496. The van der Waals surface area contributed by atoms with Crippen LogP contribution >= 0.6 is 11.6 Å². The van der Waals surface area contributed by atoms with Crippen LogP contribution in [0.25, 0.3) is 10.8 Å². The molecule has 0 amide bonds. The zero-order chi connectivity index (χ0) is 10.8. The first-order valence-corrected chi connectivity index (χ1v) is 5.20. The van der Waals surface area contributed by atoms with Crippen LogP contribution in [0.4, 0.5) is 0 Å². The van der Waals surface area contributed by atoms with Gasteiger partial charge in [0, 0.05) is 5.39 Å². The van der Waals surface area contributed by atoms with E-state index in [9.17, 15) is 5.11 Å². The number of fused-ring (bicyclic) bond motifs is 1. The second-order valence-corrected chi connectivity index (χ2v) is 3.93. The Morgan fingerprint density at radius 1 is 1.20 bits per heavy atom. The van der Waals surface area contributed by atoms with E-state index in [1.165, 1.54) is 0 Å². The molecule has 2 aromatic carbocycles. The lowest BCUT2D eigenvalue weighted by molar-refractivity contribution is 0.476. The predicted octanol–water partition coefficient (Wildman–Crippen LogP) is 2.70. The number of nitrogens with two attached hydrogens (primary N) is 1. The van der Waals surface area contributed by atoms with Gasteiger partial charge in [-0.25, -0.2) is 0 Å². The Morgan fingerprint density at radius 3 is 2.73 bits per heavy atom. The minimum absolute atomic E-state index is 0.194. The molecule has 78 valence electrons. The van der Waals surface area contributed by atoms with Crippen molar-refractivity contribution in [3.05, 3.63) is 40.9 Å². The monoisotopic (exact) mass is 221 g/mol. The summed E-state index contributed by atoms with van der Waals surface area (Å²) in [5.41, 5.74) is 6.66. The summed E-state index contributed by atoms with van der Waals surface area (Å²) in [5, 5.41) is 11.9. The van der Waals surface area contributed by atoms with E-state index in [1.54, 1.807) is 12.1 Å². The van der Waals surface area contributed by atoms with Crippen LogP contribution in [-0.2, 0) is 6.42 Å². The van der Waals surface area contributed by atoms with Crippen molar-refractivity contribution in [1.82, 2.24) is 0 Å². The first-order chi connectivity index (χ1) is 7.20. The molecule has 0 heterocycles. The van der Waals surface area contributed by atoms with Crippen LogP contribution in [0.5, 0.6) is 5.75 Å². The van der Waals surface area contributed by atoms with Gasteiger partial charge in [0.15, 0.2) is 0 Å². The Kier molecular flexibility index (Phi) is 2.80. The van der Waals surface area contributed by atoms with Gasteiger partial charge in [-0.2, -0.15) is 0 Å². The lowest BCUT2D eigenvalue weighted by atomic mass is 10.0. The molecule has 0 aliphatic heterocycles. The molecule has 2 rings (SSSR count). The fraction of sp³-hybridized carbons (Fsp3) is 0.167. The summed E-state index contributed by atoms with van der Waals surface area (Å²) in [4.78, 5) is 0. The molecule has 0 bridgehead atoms. The molecule has 0 unspecified atom stereocenters. The van der Waals surface area contributed by atoms with E-state index >= 15 is 0 Å². The maximum absolute atomic E-state index is 9.38. The molecule has 0 spiro atoms. The maximum Gasteiger partial charge on any atom is 0.117 e. The molecule has 2 nitrogen and oxygen atoms in total. The predicted molar refractivity (Wildman–Crippen MR) is 63.4 cm³/mol. The molecule has 15 heavy (non-hydrogen) atoms. The number of hydrogen-bond acceptors (Lipinski definition) is 2. The number of halogens is 1. The molecule has 0 fully saturated rings. The number of benzene rings is 2. The van der Waals surface area contributed by atoms with Crippen LogP contribution in [0.3, 0.4) is 0 Å². The van der Waals surface area contributed by atoms with Crippen LogP contribution < -0.4 is 5.73 Å². The molecule has 0 atom stereocenters. The lowest BCUT2D eigenvalue weighted by Gasteiger charge is -2.05. The molecular weight excluding hydrogens is 210 g/mol. The second-order valence-electron chi connectivity index (χ2n) is 3.52. The Hall–Kier alpha value is -1.25. The minimum Gasteiger partial charge on any atom is -0.508 e. The van der Waals surface area contributed by atoms with Gasteiger partial charge in [-0.05, 0) is 42.1 Å². The van der Waals surface area contributed by atoms with E-state index in [0.717, 1.165) is 22.8 Å². The van der Waals surface area contributed by atoms with Gasteiger partial charge in [0.05, 0.1) is 5.02 Å². The van der Waals surface area contributed by atoms with Gasteiger partial charge in [-0.3, -0.25) is 0 Å². The summed E-state index contributed by atoms with van der Waals surface area (Å²) in [6.07, 6.45) is 0.840. The SMILES string of the molecule is NCCc1ccc2cc(O)cc(Cl)c2c1. The highest BCUT2D eigenvalue weighted by Crippen LogP contribution is 2.29. The van der Waals surface area contributed by atoms with Gasteiger partial charge in [-0.15, -0.1) is 0 Å². The summed E-state index contributed by atoms with van der Waals surface area (Å²) in [6, 6.07) is 9.23. The van der Waals surface area contributed by atoms with Crippen LogP contribution in [0.15, 0.2) is 30.3 Å². The van der Waals surface area contributed by atoms with Gasteiger partial charge in [0.2, 0.25) is 0 Å². The van der Waals surface area contributed by atoms with E-state index in [1.807, 2.05) is 18.2 Å². The highest BCUT2D eigenvalue weighted by Gasteiger charge is 2.02. The normalized spacial score (nSPS) is 10.8. The van der Waals surface area contributed by atoms with Gasteiger partial charge in [0.1, 0.15) is 5.75 Å². The molecule has 0 aliphatic rings. The summed E-state index contributed by atoms with van der Waals surface area (Å²) < 4.78 is 0. The first kappa shape index (κ1) is 10.3. The molecule has 0 saturated heterocycles. The van der Waals surface area contributed by atoms with Crippen molar-refractivity contribution < 1.29 is 5.11 Å². The highest BCUT2D eigenvalue weighted by atomic mass is 35.5. The van der Waals surface area contributed by atoms with E-state index in [4.69, 9.17) is 17.3 Å². The van der Waals surface area contributed by atoms with Crippen molar-refractivity contribution in [3.63, 3.8) is 0 Å². The van der Waals surface area contributed by atoms with Crippen molar-refractivity contribution >= 4 is 22.4 Å².